The minimum absolute atomic E-state index is 0.263. The third-order valence-electron chi connectivity index (χ3n) is 5.00. The van der Waals surface area contributed by atoms with Crippen LogP contribution in [0.5, 0.6) is 0 Å². The fourth-order valence-corrected chi connectivity index (χ4v) is 3.66. The first-order valence-corrected chi connectivity index (χ1v) is 8.74. The largest absolute Gasteiger partial charge is 0.320 e. The summed E-state index contributed by atoms with van der Waals surface area (Å²) in [7, 11) is 0. The first-order valence-electron chi connectivity index (χ1n) is 8.74. The van der Waals surface area contributed by atoms with Crippen LogP contribution in [0.4, 0.5) is 0 Å². The lowest BCUT2D eigenvalue weighted by molar-refractivity contribution is 0.120. The maximum absolute atomic E-state index is 6.86. The van der Waals surface area contributed by atoms with Crippen molar-refractivity contribution in [2.24, 2.45) is 5.73 Å². The van der Waals surface area contributed by atoms with E-state index in [0.717, 1.165) is 0 Å². The zero-order valence-corrected chi connectivity index (χ0v) is 13.9. The van der Waals surface area contributed by atoms with Gasteiger partial charge in [-0.05, 0) is 44.8 Å². The Bertz CT molecular complexity index is 391. The maximum atomic E-state index is 6.86. The predicted molar refractivity (Wildman–Crippen MR) is 91.3 cm³/mol. The van der Waals surface area contributed by atoms with Gasteiger partial charge in [0.1, 0.15) is 0 Å². The average Bonchev–Trinajstić information content (AvgIpc) is 2.77. The van der Waals surface area contributed by atoms with Gasteiger partial charge in [0.2, 0.25) is 0 Å². The molecular formula is C19H32N2. The number of benzene rings is 1. The molecule has 1 fully saturated rings. The average molecular weight is 288 g/mol. The molecule has 0 saturated carbocycles. The van der Waals surface area contributed by atoms with Gasteiger partial charge in [-0.2, -0.15) is 0 Å². The van der Waals surface area contributed by atoms with Crippen molar-refractivity contribution in [2.75, 3.05) is 13.1 Å². The van der Waals surface area contributed by atoms with Gasteiger partial charge in [0.25, 0.3) is 0 Å². The van der Waals surface area contributed by atoms with E-state index in [-0.39, 0.29) is 5.54 Å². The van der Waals surface area contributed by atoms with Gasteiger partial charge in [0, 0.05) is 6.04 Å². The summed E-state index contributed by atoms with van der Waals surface area (Å²) < 4.78 is 0. The van der Waals surface area contributed by atoms with Crippen molar-refractivity contribution >= 4 is 0 Å². The lowest BCUT2D eigenvalue weighted by atomic mass is 9.82. The molecule has 0 spiro atoms. The fraction of sp³-hybridized carbons (Fsp3) is 0.684. The van der Waals surface area contributed by atoms with Crippen molar-refractivity contribution in [1.29, 1.82) is 0 Å². The lowest BCUT2D eigenvalue weighted by Crippen LogP contribution is -2.54. The summed E-state index contributed by atoms with van der Waals surface area (Å²) in [6.45, 7) is 6.94. The number of nitrogens with two attached hydrogens (primary N) is 1. The summed E-state index contributed by atoms with van der Waals surface area (Å²) in [5.74, 6) is 0. The Kier molecular flexibility index (Phi) is 6.25. The van der Waals surface area contributed by atoms with Crippen molar-refractivity contribution in [3.63, 3.8) is 0 Å². The minimum Gasteiger partial charge on any atom is -0.320 e. The van der Waals surface area contributed by atoms with Gasteiger partial charge < -0.3 is 5.73 Å². The van der Waals surface area contributed by atoms with E-state index in [1.165, 1.54) is 63.6 Å². The highest BCUT2D eigenvalue weighted by atomic mass is 15.2. The highest BCUT2D eigenvalue weighted by Gasteiger charge is 2.35. The van der Waals surface area contributed by atoms with E-state index in [1.807, 2.05) is 0 Å². The van der Waals surface area contributed by atoms with E-state index in [2.05, 4.69) is 49.1 Å². The predicted octanol–water partition coefficient (Wildman–Crippen LogP) is 4.30. The molecule has 1 saturated heterocycles. The number of likely N-dealkylation sites (tertiary alicyclic amines) is 1. The van der Waals surface area contributed by atoms with Gasteiger partial charge >= 0.3 is 0 Å². The molecule has 1 aromatic rings. The molecule has 118 valence electrons. The Morgan fingerprint density at radius 1 is 1.10 bits per heavy atom. The molecule has 1 aliphatic rings. The molecule has 2 heteroatoms. The zero-order valence-electron chi connectivity index (χ0n) is 13.9. The van der Waals surface area contributed by atoms with E-state index in [4.69, 9.17) is 5.73 Å². The molecular weight excluding hydrogens is 256 g/mol. The van der Waals surface area contributed by atoms with Crippen LogP contribution in [0.2, 0.25) is 0 Å². The second-order valence-electron chi connectivity index (χ2n) is 6.76. The second kappa shape index (κ2) is 7.95. The summed E-state index contributed by atoms with van der Waals surface area (Å²) in [5.41, 5.74) is 7.87. The van der Waals surface area contributed by atoms with Crippen molar-refractivity contribution in [3.8, 4) is 0 Å². The van der Waals surface area contributed by atoms with Crippen LogP contribution in [-0.4, -0.2) is 24.0 Å². The quantitative estimate of drug-likeness (QED) is 0.846. The summed E-state index contributed by atoms with van der Waals surface area (Å²) >= 11 is 0. The molecule has 1 aromatic carbocycles. The van der Waals surface area contributed by atoms with Gasteiger partial charge in [0.15, 0.2) is 0 Å². The monoisotopic (exact) mass is 288 g/mol. The summed E-state index contributed by atoms with van der Waals surface area (Å²) in [6.07, 6.45) is 9.13. The van der Waals surface area contributed by atoms with Crippen molar-refractivity contribution in [3.05, 3.63) is 35.9 Å². The Balaban J connectivity index is 2.20. The Labute approximate surface area is 130 Å². The molecule has 0 radical (unpaired) electrons. The van der Waals surface area contributed by atoms with Gasteiger partial charge in [-0.3, -0.25) is 4.90 Å². The van der Waals surface area contributed by atoms with Crippen molar-refractivity contribution in [1.82, 2.24) is 4.90 Å². The van der Waals surface area contributed by atoms with Crippen LogP contribution >= 0.6 is 0 Å². The smallest absolute Gasteiger partial charge is 0.0538 e. The third-order valence-corrected chi connectivity index (χ3v) is 5.00. The van der Waals surface area contributed by atoms with E-state index in [9.17, 15) is 0 Å². The third kappa shape index (κ3) is 4.31. The Morgan fingerprint density at radius 3 is 2.29 bits per heavy atom. The fourth-order valence-electron chi connectivity index (χ4n) is 3.66. The lowest BCUT2D eigenvalue weighted by Gasteiger charge is -2.42. The summed E-state index contributed by atoms with van der Waals surface area (Å²) in [6, 6.07) is 11.1. The SMILES string of the molecule is CCCCC(N1CCCCCC1)C(C)(N)c1ccccc1. The number of hydrogen-bond acceptors (Lipinski definition) is 2. The summed E-state index contributed by atoms with van der Waals surface area (Å²) in [5, 5.41) is 0. The van der Waals surface area contributed by atoms with E-state index >= 15 is 0 Å². The normalized spacial score (nSPS) is 21.5. The highest BCUT2D eigenvalue weighted by molar-refractivity contribution is 5.25. The standard InChI is InChI=1S/C19H32N2/c1-3-4-14-18(21-15-10-5-6-11-16-21)19(2,20)17-12-8-7-9-13-17/h7-9,12-13,18H,3-6,10-11,14-16,20H2,1-2H3. The van der Waals surface area contributed by atoms with Gasteiger partial charge in [-0.15, -0.1) is 0 Å². The molecule has 2 atom stereocenters. The van der Waals surface area contributed by atoms with Crippen LogP contribution in [-0.2, 0) is 5.54 Å². The van der Waals surface area contributed by atoms with E-state index in [0.29, 0.717) is 6.04 Å². The number of unbranched alkanes of at least 4 members (excludes halogenated alkanes) is 1. The highest BCUT2D eigenvalue weighted by Crippen LogP contribution is 2.30. The summed E-state index contributed by atoms with van der Waals surface area (Å²) in [4.78, 5) is 2.68. The molecule has 2 nitrogen and oxygen atoms in total. The molecule has 2 unspecified atom stereocenters. The van der Waals surface area contributed by atoms with Gasteiger partial charge in [-0.1, -0.05) is 62.9 Å². The Morgan fingerprint density at radius 2 is 1.71 bits per heavy atom. The number of hydrogen-bond donors (Lipinski definition) is 1. The minimum atomic E-state index is -0.263. The molecule has 0 aromatic heterocycles. The molecule has 1 heterocycles. The van der Waals surface area contributed by atoms with E-state index < -0.39 is 0 Å². The van der Waals surface area contributed by atoms with Gasteiger partial charge in [-0.25, -0.2) is 0 Å². The van der Waals surface area contributed by atoms with Crippen LogP contribution in [0.1, 0.15) is 64.4 Å². The molecule has 0 aliphatic carbocycles. The van der Waals surface area contributed by atoms with E-state index in [1.54, 1.807) is 0 Å². The topological polar surface area (TPSA) is 29.3 Å². The maximum Gasteiger partial charge on any atom is 0.0538 e. The molecule has 21 heavy (non-hydrogen) atoms. The van der Waals surface area contributed by atoms with Crippen LogP contribution < -0.4 is 5.73 Å². The first kappa shape index (κ1) is 16.5. The molecule has 0 amide bonds. The number of rotatable bonds is 6. The Hall–Kier alpha value is -0.860. The number of nitrogens with zero attached hydrogens (tertiary/aromatic N) is 1. The van der Waals surface area contributed by atoms with Gasteiger partial charge in [0.05, 0.1) is 5.54 Å². The zero-order chi connectivity index (χ0) is 15.1. The van der Waals surface area contributed by atoms with Crippen LogP contribution in [0.25, 0.3) is 0 Å². The molecule has 2 rings (SSSR count). The van der Waals surface area contributed by atoms with Crippen molar-refractivity contribution in [2.45, 2.75) is 70.4 Å². The van der Waals surface area contributed by atoms with Crippen LogP contribution in [0, 0.1) is 0 Å². The molecule has 1 aliphatic heterocycles. The first-order chi connectivity index (χ1) is 10.2. The van der Waals surface area contributed by atoms with Crippen LogP contribution in [0.3, 0.4) is 0 Å². The molecule has 0 bridgehead atoms. The second-order valence-corrected chi connectivity index (χ2v) is 6.76. The van der Waals surface area contributed by atoms with Crippen LogP contribution in [0.15, 0.2) is 30.3 Å². The van der Waals surface area contributed by atoms with Crippen molar-refractivity contribution < 1.29 is 0 Å². The molecule has 2 N–H and O–H groups in total.